The molecule has 0 aromatic rings. The van der Waals surface area contributed by atoms with Crippen molar-refractivity contribution in [3.63, 3.8) is 0 Å². The van der Waals surface area contributed by atoms with Crippen molar-refractivity contribution in [2.45, 2.75) is 70.4 Å². The maximum atomic E-state index is 12.8. The highest BCUT2D eigenvalue weighted by molar-refractivity contribution is 4.98. The highest BCUT2D eigenvalue weighted by Gasteiger charge is 2.47. The van der Waals surface area contributed by atoms with Gasteiger partial charge in [-0.1, -0.05) is 13.8 Å². The van der Waals surface area contributed by atoms with Crippen LogP contribution in [0.2, 0.25) is 0 Å². The van der Waals surface area contributed by atoms with Gasteiger partial charge in [-0.2, -0.15) is 0 Å². The molecule has 0 saturated heterocycles. The highest BCUT2D eigenvalue weighted by atomic mass is 19.3. The minimum absolute atomic E-state index is 0.000870. The SMILES string of the molecule is [C-]#[N+]CC1(C(C)C)CCC(NC2CC(F)(F)C2)CC1. The lowest BCUT2D eigenvalue weighted by atomic mass is 9.65. The first-order valence-corrected chi connectivity index (χ1v) is 7.34. The number of rotatable bonds is 4. The summed E-state index contributed by atoms with van der Waals surface area (Å²) in [5.74, 6) is -1.91. The van der Waals surface area contributed by atoms with Gasteiger partial charge >= 0.3 is 0 Å². The molecule has 0 aliphatic heterocycles. The van der Waals surface area contributed by atoms with Crippen LogP contribution >= 0.6 is 0 Å². The molecular formula is C15H24F2N2. The zero-order valence-corrected chi connectivity index (χ0v) is 11.9. The average molecular weight is 270 g/mol. The molecule has 2 aliphatic carbocycles. The summed E-state index contributed by atoms with van der Waals surface area (Å²) in [5.41, 5.74) is 0.156. The minimum Gasteiger partial charge on any atom is -0.316 e. The summed E-state index contributed by atoms with van der Waals surface area (Å²) in [7, 11) is 0. The van der Waals surface area contributed by atoms with Gasteiger partial charge < -0.3 is 10.2 Å². The molecule has 0 atom stereocenters. The Hall–Kier alpha value is -0.690. The molecule has 0 bridgehead atoms. The predicted molar refractivity (Wildman–Crippen MR) is 72.1 cm³/mol. The molecule has 0 radical (unpaired) electrons. The fourth-order valence-electron chi connectivity index (χ4n) is 3.55. The van der Waals surface area contributed by atoms with E-state index in [2.05, 4.69) is 24.0 Å². The number of nitrogens with one attached hydrogen (secondary N) is 1. The van der Waals surface area contributed by atoms with E-state index in [1.807, 2.05) is 0 Å². The summed E-state index contributed by atoms with van der Waals surface area (Å²) >= 11 is 0. The standard InChI is InChI=1S/C15H24F2N2/c1-11(2)14(10-18-3)6-4-12(5-7-14)19-13-8-15(16,17)9-13/h11-13,19H,4-10H2,1-2H3. The van der Waals surface area contributed by atoms with E-state index in [9.17, 15) is 8.78 Å². The van der Waals surface area contributed by atoms with Gasteiger partial charge in [0.15, 0.2) is 0 Å². The van der Waals surface area contributed by atoms with Crippen molar-refractivity contribution in [1.29, 1.82) is 0 Å². The van der Waals surface area contributed by atoms with Gasteiger partial charge in [0.1, 0.15) is 0 Å². The van der Waals surface area contributed by atoms with Gasteiger partial charge in [-0.25, -0.2) is 15.4 Å². The smallest absolute Gasteiger partial charge is 0.251 e. The van der Waals surface area contributed by atoms with E-state index in [-0.39, 0.29) is 24.3 Å². The second kappa shape index (κ2) is 5.36. The molecular weight excluding hydrogens is 246 g/mol. The third-order valence-electron chi connectivity index (χ3n) is 5.16. The fourth-order valence-corrected chi connectivity index (χ4v) is 3.55. The third kappa shape index (κ3) is 3.25. The number of hydrogen-bond donors (Lipinski definition) is 1. The second-order valence-electron chi connectivity index (χ2n) is 6.74. The molecule has 19 heavy (non-hydrogen) atoms. The van der Waals surface area contributed by atoms with Crippen molar-refractivity contribution in [3.8, 4) is 0 Å². The molecule has 108 valence electrons. The molecule has 0 amide bonds. The van der Waals surface area contributed by atoms with E-state index >= 15 is 0 Å². The summed E-state index contributed by atoms with van der Waals surface area (Å²) in [6.45, 7) is 12.1. The van der Waals surface area contributed by atoms with E-state index in [0.29, 0.717) is 18.5 Å². The zero-order chi connectivity index (χ0) is 14.1. The van der Waals surface area contributed by atoms with E-state index < -0.39 is 5.92 Å². The maximum absolute atomic E-state index is 12.8. The van der Waals surface area contributed by atoms with Crippen molar-refractivity contribution in [2.75, 3.05) is 6.54 Å². The molecule has 2 fully saturated rings. The maximum Gasteiger partial charge on any atom is 0.251 e. The molecule has 4 heteroatoms. The van der Waals surface area contributed by atoms with Crippen LogP contribution in [0.3, 0.4) is 0 Å². The normalized spacial score (nSPS) is 34.8. The van der Waals surface area contributed by atoms with Crippen molar-refractivity contribution >= 4 is 0 Å². The van der Waals surface area contributed by atoms with Gasteiger partial charge in [0, 0.05) is 30.3 Å². The van der Waals surface area contributed by atoms with Gasteiger partial charge in [0.05, 0.1) is 0 Å². The average Bonchev–Trinajstić information content (AvgIpc) is 2.29. The summed E-state index contributed by atoms with van der Waals surface area (Å²) in [4.78, 5) is 3.62. The lowest BCUT2D eigenvalue weighted by Crippen LogP contribution is -2.53. The molecule has 2 nitrogen and oxygen atoms in total. The van der Waals surface area contributed by atoms with E-state index in [4.69, 9.17) is 6.57 Å². The monoisotopic (exact) mass is 270 g/mol. The molecule has 2 aliphatic rings. The van der Waals surface area contributed by atoms with Crippen LogP contribution in [0.25, 0.3) is 4.85 Å². The molecule has 0 unspecified atom stereocenters. The van der Waals surface area contributed by atoms with E-state index in [0.717, 1.165) is 25.7 Å². The Morgan fingerprint density at radius 1 is 1.21 bits per heavy atom. The van der Waals surface area contributed by atoms with Crippen LogP contribution < -0.4 is 5.32 Å². The van der Waals surface area contributed by atoms with Crippen molar-refractivity contribution in [3.05, 3.63) is 11.4 Å². The first-order chi connectivity index (χ1) is 8.87. The Bertz CT molecular complexity index is 344. The number of nitrogens with zero attached hydrogens (tertiary/aromatic N) is 1. The Kier molecular flexibility index (Phi) is 4.15. The number of halogens is 2. The van der Waals surface area contributed by atoms with Crippen LogP contribution in [0.15, 0.2) is 0 Å². The minimum atomic E-state index is -2.43. The topological polar surface area (TPSA) is 16.4 Å². The van der Waals surface area contributed by atoms with Crippen molar-refractivity contribution < 1.29 is 8.78 Å². The summed E-state index contributed by atoms with van der Waals surface area (Å²) < 4.78 is 25.6. The fraction of sp³-hybridized carbons (Fsp3) is 0.933. The zero-order valence-electron chi connectivity index (χ0n) is 11.9. The second-order valence-corrected chi connectivity index (χ2v) is 6.74. The van der Waals surface area contributed by atoms with Crippen molar-refractivity contribution in [2.24, 2.45) is 11.3 Å². The van der Waals surface area contributed by atoms with Crippen LogP contribution in [-0.2, 0) is 0 Å². The Balaban J connectivity index is 1.80. The molecule has 2 rings (SSSR count). The first-order valence-electron chi connectivity index (χ1n) is 7.34. The molecule has 0 heterocycles. The van der Waals surface area contributed by atoms with Gasteiger partial charge in [-0.05, 0) is 31.6 Å². The molecule has 0 aromatic carbocycles. The van der Waals surface area contributed by atoms with Crippen LogP contribution in [0.5, 0.6) is 0 Å². The summed E-state index contributed by atoms with van der Waals surface area (Å²) in [6, 6.07) is 0.381. The first kappa shape index (κ1) is 14.7. The van der Waals surface area contributed by atoms with Crippen LogP contribution in [0.4, 0.5) is 8.78 Å². The summed E-state index contributed by atoms with van der Waals surface area (Å²) in [6.07, 6.45) is 4.15. The van der Waals surface area contributed by atoms with Crippen LogP contribution in [-0.4, -0.2) is 24.6 Å². The highest BCUT2D eigenvalue weighted by Crippen LogP contribution is 2.44. The number of alkyl halides is 2. The predicted octanol–water partition coefficient (Wildman–Crippen LogP) is 3.88. The van der Waals surface area contributed by atoms with Gasteiger partial charge in [0.25, 0.3) is 5.92 Å². The molecule has 0 aromatic heterocycles. The third-order valence-corrected chi connectivity index (χ3v) is 5.16. The number of hydrogen-bond acceptors (Lipinski definition) is 1. The Morgan fingerprint density at radius 2 is 1.79 bits per heavy atom. The molecule has 2 saturated carbocycles. The summed E-state index contributed by atoms with van der Waals surface area (Å²) in [5, 5.41) is 3.37. The van der Waals surface area contributed by atoms with Gasteiger partial charge in [-0.3, -0.25) is 0 Å². The molecule has 1 N–H and O–H groups in total. The largest absolute Gasteiger partial charge is 0.316 e. The van der Waals surface area contributed by atoms with Gasteiger partial charge in [0.2, 0.25) is 6.54 Å². The van der Waals surface area contributed by atoms with Gasteiger partial charge in [-0.15, -0.1) is 0 Å². The van der Waals surface area contributed by atoms with E-state index in [1.54, 1.807) is 0 Å². The lowest BCUT2D eigenvalue weighted by Gasteiger charge is -2.43. The van der Waals surface area contributed by atoms with Crippen LogP contribution in [0.1, 0.15) is 52.4 Å². The van der Waals surface area contributed by atoms with Crippen LogP contribution in [0, 0.1) is 17.9 Å². The van der Waals surface area contributed by atoms with Crippen molar-refractivity contribution in [1.82, 2.24) is 5.32 Å². The lowest BCUT2D eigenvalue weighted by molar-refractivity contribution is -0.0962. The Morgan fingerprint density at radius 3 is 2.21 bits per heavy atom. The Labute approximate surface area is 114 Å². The molecule has 0 spiro atoms. The van der Waals surface area contributed by atoms with E-state index in [1.165, 1.54) is 0 Å². The quantitative estimate of drug-likeness (QED) is 0.767.